The second-order valence-electron chi connectivity index (χ2n) is 3.69. The minimum atomic E-state index is 1.20. The smallest absolute Gasteiger partial charge is 0.0257 e. The second kappa shape index (κ2) is 8.05. The van der Waals surface area contributed by atoms with Gasteiger partial charge in [-0.1, -0.05) is 74.4 Å². The molecule has 0 saturated carbocycles. The third kappa shape index (κ3) is 5.90. The molecule has 0 saturated heterocycles. The maximum absolute atomic E-state index is 2.25. The summed E-state index contributed by atoms with van der Waals surface area (Å²) in [5.74, 6) is 0. The number of unbranched alkanes of at least 4 members (excludes halogenated alkanes) is 3. The average Bonchev–Trinajstić information content (AvgIpc) is 2.29. The molecule has 0 unspecified atom stereocenters. The summed E-state index contributed by atoms with van der Waals surface area (Å²) in [4.78, 5) is 0. The van der Waals surface area contributed by atoms with Crippen LogP contribution in [0.1, 0.15) is 38.2 Å². The Morgan fingerprint density at radius 2 is 1.80 bits per heavy atom. The molecule has 0 nitrogen and oxygen atoms in total. The molecule has 80 valence electrons. The Balaban J connectivity index is 2.22. The van der Waals surface area contributed by atoms with Gasteiger partial charge in [0.05, 0.1) is 0 Å². The molecule has 0 aliphatic carbocycles. The van der Waals surface area contributed by atoms with E-state index in [4.69, 9.17) is 0 Å². The highest BCUT2D eigenvalue weighted by atomic mass is 13.9. The standard InChI is InChI=1S/C15H20/c1-2-3-4-5-6-7-9-12-15-13-10-8-11-14-15/h6-14H,2-5H2,1H3/b7-6-,12-9+. The van der Waals surface area contributed by atoms with Crippen LogP contribution in [0.15, 0.2) is 48.6 Å². The first-order chi connectivity index (χ1) is 7.43. The number of allylic oxidation sites excluding steroid dienone is 3. The monoisotopic (exact) mass is 200 g/mol. The van der Waals surface area contributed by atoms with Crippen LogP contribution in [0.3, 0.4) is 0 Å². The molecule has 0 aromatic heterocycles. The lowest BCUT2D eigenvalue weighted by Crippen LogP contribution is -1.70. The minimum absolute atomic E-state index is 1.20. The third-order valence-corrected chi connectivity index (χ3v) is 2.31. The summed E-state index contributed by atoms with van der Waals surface area (Å²) < 4.78 is 0. The Morgan fingerprint density at radius 3 is 2.53 bits per heavy atom. The van der Waals surface area contributed by atoms with Gasteiger partial charge in [-0.05, 0) is 18.4 Å². The van der Waals surface area contributed by atoms with E-state index in [0.29, 0.717) is 0 Å². The van der Waals surface area contributed by atoms with E-state index in [9.17, 15) is 0 Å². The highest BCUT2D eigenvalue weighted by Crippen LogP contribution is 2.02. The van der Waals surface area contributed by atoms with Crippen LogP contribution in [0.25, 0.3) is 6.08 Å². The summed E-state index contributed by atoms with van der Waals surface area (Å²) in [6.45, 7) is 2.24. The van der Waals surface area contributed by atoms with Crippen LogP contribution in [0.2, 0.25) is 0 Å². The van der Waals surface area contributed by atoms with Crippen molar-refractivity contribution < 1.29 is 0 Å². The van der Waals surface area contributed by atoms with E-state index in [0.717, 1.165) is 0 Å². The number of hydrogen-bond acceptors (Lipinski definition) is 0. The van der Waals surface area contributed by atoms with Gasteiger partial charge in [-0.2, -0.15) is 0 Å². The van der Waals surface area contributed by atoms with E-state index in [1.54, 1.807) is 0 Å². The molecule has 0 atom stereocenters. The van der Waals surface area contributed by atoms with E-state index in [-0.39, 0.29) is 0 Å². The quantitative estimate of drug-likeness (QED) is 0.455. The maximum atomic E-state index is 2.25. The summed E-state index contributed by atoms with van der Waals surface area (Å²) in [5, 5.41) is 0. The zero-order chi connectivity index (χ0) is 10.8. The van der Waals surface area contributed by atoms with Gasteiger partial charge in [0.1, 0.15) is 0 Å². The Kier molecular flexibility index (Phi) is 6.31. The molecular weight excluding hydrogens is 180 g/mol. The van der Waals surface area contributed by atoms with E-state index in [2.05, 4.69) is 55.5 Å². The van der Waals surface area contributed by atoms with Crippen LogP contribution < -0.4 is 0 Å². The van der Waals surface area contributed by atoms with E-state index >= 15 is 0 Å². The third-order valence-electron chi connectivity index (χ3n) is 2.31. The van der Waals surface area contributed by atoms with Gasteiger partial charge < -0.3 is 0 Å². The molecule has 0 heterocycles. The molecule has 0 N–H and O–H groups in total. The van der Waals surface area contributed by atoms with Crippen LogP contribution in [0.4, 0.5) is 0 Å². The van der Waals surface area contributed by atoms with Crippen molar-refractivity contribution >= 4 is 6.08 Å². The first kappa shape index (κ1) is 11.8. The van der Waals surface area contributed by atoms with Crippen molar-refractivity contribution in [3.63, 3.8) is 0 Å². The van der Waals surface area contributed by atoms with Gasteiger partial charge in [0.15, 0.2) is 0 Å². The first-order valence-corrected chi connectivity index (χ1v) is 5.81. The molecule has 1 aromatic carbocycles. The molecule has 0 fully saturated rings. The largest absolute Gasteiger partial charge is 0.0845 e. The van der Waals surface area contributed by atoms with Crippen LogP contribution in [0.5, 0.6) is 0 Å². The molecule has 15 heavy (non-hydrogen) atoms. The topological polar surface area (TPSA) is 0 Å². The highest BCUT2D eigenvalue weighted by molar-refractivity contribution is 5.50. The lowest BCUT2D eigenvalue weighted by molar-refractivity contribution is 0.729. The average molecular weight is 200 g/mol. The SMILES string of the molecule is CCCCC/C=C\C=C\c1ccccc1. The van der Waals surface area contributed by atoms with Crippen molar-refractivity contribution in [1.82, 2.24) is 0 Å². The minimum Gasteiger partial charge on any atom is -0.0845 e. The van der Waals surface area contributed by atoms with Gasteiger partial charge in [-0.15, -0.1) is 0 Å². The Morgan fingerprint density at radius 1 is 1.00 bits per heavy atom. The number of hydrogen-bond donors (Lipinski definition) is 0. The normalized spacial score (nSPS) is 11.5. The fraction of sp³-hybridized carbons (Fsp3) is 0.333. The van der Waals surface area contributed by atoms with Gasteiger partial charge in [0.25, 0.3) is 0 Å². The van der Waals surface area contributed by atoms with Gasteiger partial charge in [-0.3, -0.25) is 0 Å². The Labute approximate surface area is 93.3 Å². The van der Waals surface area contributed by atoms with Crippen molar-refractivity contribution in [2.75, 3.05) is 0 Å². The summed E-state index contributed by atoms with van der Waals surface area (Å²) in [6, 6.07) is 10.4. The van der Waals surface area contributed by atoms with Crippen LogP contribution >= 0.6 is 0 Å². The number of benzene rings is 1. The van der Waals surface area contributed by atoms with Crippen LogP contribution in [0, 0.1) is 0 Å². The van der Waals surface area contributed by atoms with E-state index < -0.39 is 0 Å². The van der Waals surface area contributed by atoms with Gasteiger partial charge in [0, 0.05) is 0 Å². The molecule has 0 aliphatic heterocycles. The van der Waals surface area contributed by atoms with Crippen molar-refractivity contribution in [2.24, 2.45) is 0 Å². The molecule has 0 heteroatoms. The van der Waals surface area contributed by atoms with Gasteiger partial charge in [0.2, 0.25) is 0 Å². The Hall–Kier alpha value is -1.30. The predicted molar refractivity (Wildman–Crippen MR) is 68.8 cm³/mol. The lowest BCUT2D eigenvalue weighted by Gasteiger charge is -1.90. The fourth-order valence-corrected chi connectivity index (χ4v) is 1.42. The molecule has 0 radical (unpaired) electrons. The zero-order valence-electron chi connectivity index (χ0n) is 9.52. The molecule has 0 spiro atoms. The molecule has 0 aliphatic rings. The fourth-order valence-electron chi connectivity index (χ4n) is 1.42. The van der Waals surface area contributed by atoms with Crippen molar-refractivity contribution in [2.45, 2.75) is 32.6 Å². The molecule has 0 amide bonds. The summed E-state index contributed by atoms with van der Waals surface area (Å²) >= 11 is 0. The van der Waals surface area contributed by atoms with Crippen molar-refractivity contribution in [3.8, 4) is 0 Å². The van der Waals surface area contributed by atoms with Crippen molar-refractivity contribution in [3.05, 3.63) is 54.1 Å². The van der Waals surface area contributed by atoms with Gasteiger partial charge >= 0.3 is 0 Å². The highest BCUT2D eigenvalue weighted by Gasteiger charge is 1.81. The zero-order valence-corrected chi connectivity index (χ0v) is 9.52. The van der Waals surface area contributed by atoms with Crippen LogP contribution in [-0.4, -0.2) is 0 Å². The van der Waals surface area contributed by atoms with E-state index in [1.165, 1.54) is 31.2 Å². The van der Waals surface area contributed by atoms with E-state index in [1.807, 2.05) is 6.07 Å². The van der Waals surface area contributed by atoms with Gasteiger partial charge in [-0.25, -0.2) is 0 Å². The molecule has 1 rings (SSSR count). The Bertz CT molecular complexity index is 293. The molecule has 0 bridgehead atoms. The maximum Gasteiger partial charge on any atom is -0.0257 e. The molecular formula is C15H20. The van der Waals surface area contributed by atoms with Crippen LogP contribution in [-0.2, 0) is 0 Å². The molecule has 1 aromatic rings. The number of rotatable bonds is 6. The summed E-state index contributed by atoms with van der Waals surface area (Å²) in [6.07, 6.45) is 13.8. The lowest BCUT2D eigenvalue weighted by atomic mass is 10.2. The first-order valence-electron chi connectivity index (χ1n) is 5.81. The van der Waals surface area contributed by atoms with Crippen molar-refractivity contribution in [1.29, 1.82) is 0 Å². The summed E-state index contributed by atoms with van der Waals surface area (Å²) in [5.41, 5.74) is 1.26. The second-order valence-corrected chi connectivity index (χ2v) is 3.69. The predicted octanol–water partition coefficient (Wildman–Crippen LogP) is 4.84. The summed E-state index contributed by atoms with van der Waals surface area (Å²) in [7, 11) is 0.